The van der Waals surface area contributed by atoms with Crippen LogP contribution in [0.1, 0.15) is 37.7 Å². The number of hydrogen-bond donors (Lipinski definition) is 0. The summed E-state index contributed by atoms with van der Waals surface area (Å²) in [6, 6.07) is 8.38. The van der Waals surface area contributed by atoms with E-state index in [1.165, 1.54) is 37.8 Å². The van der Waals surface area contributed by atoms with Crippen LogP contribution in [0.4, 0.5) is 5.69 Å². The van der Waals surface area contributed by atoms with Crippen molar-refractivity contribution in [3.63, 3.8) is 0 Å². The molecule has 0 unspecified atom stereocenters. The number of nitrogens with zero attached hydrogens (tertiary/aromatic N) is 1. The van der Waals surface area contributed by atoms with E-state index in [1.54, 1.807) is 0 Å². The van der Waals surface area contributed by atoms with Crippen molar-refractivity contribution in [3.05, 3.63) is 29.8 Å². The van der Waals surface area contributed by atoms with Gasteiger partial charge in [0.15, 0.2) is 0 Å². The summed E-state index contributed by atoms with van der Waals surface area (Å²) in [5, 5.41) is 0. The lowest BCUT2D eigenvalue weighted by atomic mass is 9.89. The first kappa shape index (κ1) is 12.0. The Morgan fingerprint density at radius 2 is 1.76 bits per heavy atom. The van der Waals surface area contributed by atoms with Gasteiger partial charge in [-0.25, -0.2) is 0 Å². The Kier molecular flexibility index (Phi) is 4.09. The molecule has 1 saturated carbocycles. The molecule has 1 aliphatic carbocycles. The number of hydrogen-bond acceptors (Lipinski definition) is 1. The number of rotatable bonds is 1. The topological polar surface area (TPSA) is 3.24 Å². The lowest BCUT2D eigenvalue weighted by molar-refractivity contribution is 0.430. The van der Waals surface area contributed by atoms with Crippen LogP contribution in [0.5, 0.6) is 0 Å². The second kappa shape index (κ2) is 5.77. The minimum atomic E-state index is 0.624. The predicted octanol–water partition coefficient (Wildman–Crippen LogP) is 3.68. The van der Waals surface area contributed by atoms with Crippen LogP contribution in [-0.2, 0) is 0 Å². The average Bonchev–Trinajstić information content (AvgIpc) is 2.38. The molecule has 1 aromatic rings. The largest absolute Gasteiger partial charge is 0.377 e. The molecule has 0 heterocycles. The van der Waals surface area contributed by atoms with Gasteiger partial charge in [0.2, 0.25) is 0 Å². The van der Waals surface area contributed by atoms with Crippen LogP contribution in [-0.4, -0.2) is 14.1 Å². The Hall–Kier alpha value is -1.42. The van der Waals surface area contributed by atoms with Gasteiger partial charge in [-0.3, -0.25) is 0 Å². The Bertz CT molecular complexity index is 417. The van der Waals surface area contributed by atoms with E-state index in [4.69, 9.17) is 0 Å². The first-order chi connectivity index (χ1) is 8.27. The van der Waals surface area contributed by atoms with Gasteiger partial charge in [-0.15, -0.1) is 0 Å². The van der Waals surface area contributed by atoms with Gasteiger partial charge in [-0.1, -0.05) is 43.2 Å². The van der Waals surface area contributed by atoms with E-state index in [0.717, 1.165) is 5.56 Å². The second-order valence-electron chi connectivity index (χ2n) is 5.02. The molecule has 0 amide bonds. The molecule has 90 valence electrons. The standard InChI is InChI=1S/C16H21N/c1-17(2)16-11-7-6-10-15(16)13-12-14-8-4-3-5-9-14/h6-7,10-11,14H,3-5,8-9H2,1-2H3. The van der Waals surface area contributed by atoms with E-state index in [0.29, 0.717) is 5.92 Å². The zero-order valence-electron chi connectivity index (χ0n) is 10.9. The summed E-state index contributed by atoms with van der Waals surface area (Å²) in [6.07, 6.45) is 6.68. The Labute approximate surface area is 105 Å². The monoisotopic (exact) mass is 227 g/mol. The fourth-order valence-electron chi connectivity index (χ4n) is 2.40. The average molecular weight is 227 g/mol. The fraction of sp³-hybridized carbons (Fsp3) is 0.500. The van der Waals surface area contributed by atoms with Crippen molar-refractivity contribution in [2.45, 2.75) is 32.1 Å². The lowest BCUT2D eigenvalue weighted by Crippen LogP contribution is -2.10. The maximum Gasteiger partial charge on any atom is 0.0520 e. The Morgan fingerprint density at radius 1 is 1.06 bits per heavy atom. The summed E-state index contributed by atoms with van der Waals surface area (Å²) >= 11 is 0. The highest BCUT2D eigenvalue weighted by Crippen LogP contribution is 2.23. The van der Waals surface area contributed by atoms with Gasteiger partial charge >= 0.3 is 0 Å². The van der Waals surface area contributed by atoms with Crippen LogP contribution in [0.2, 0.25) is 0 Å². The Morgan fingerprint density at radius 3 is 2.47 bits per heavy atom. The van der Waals surface area contributed by atoms with Crippen molar-refractivity contribution < 1.29 is 0 Å². The summed E-state index contributed by atoms with van der Waals surface area (Å²) in [6.45, 7) is 0. The predicted molar refractivity (Wildman–Crippen MR) is 74.2 cm³/mol. The molecule has 0 aliphatic heterocycles. The number of benzene rings is 1. The molecule has 17 heavy (non-hydrogen) atoms. The van der Waals surface area contributed by atoms with Crippen LogP contribution in [0.25, 0.3) is 0 Å². The van der Waals surface area contributed by atoms with Gasteiger partial charge in [0.25, 0.3) is 0 Å². The van der Waals surface area contributed by atoms with Crippen LogP contribution in [0.15, 0.2) is 24.3 Å². The molecule has 0 saturated heterocycles. The van der Waals surface area contributed by atoms with Crippen LogP contribution >= 0.6 is 0 Å². The summed E-state index contributed by atoms with van der Waals surface area (Å²) in [5.74, 6) is 7.45. The molecule has 0 atom stereocenters. The van der Waals surface area contributed by atoms with E-state index in [9.17, 15) is 0 Å². The molecule has 1 aromatic carbocycles. The Balaban J connectivity index is 2.14. The molecule has 2 rings (SSSR count). The zero-order valence-corrected chi connectivity index (χ0v) is 10.9. The maximum absolute atomic E-state index is 3.46. The van der Waals surface area contributed by atoms with Gasteiger partial charge in [0.05, 0.1) is 5.69 Å². The summed E-state index contributed by atoms with van der Waals surface area (Å²) in [5.41, 5.74) is 2.37. The fourth-order valence-corrected chi connectivity index (χ4v) is 2.40. The van der Waals surface area contributed by atoms with Crippen molar-refractivity contribution >= 4 is 5.69 Å². The highest BCUT2D eigenvalue weighted by Gasteiger charge is 2.10. The van der Waals surface area contributed by atoms with Gasteiger partial charge in [-0.2, -0.15) is 0 Å². The highest BCUT2D eigenvalue weighted by atomic mass is 15.1. The molecule has 0 aromatic heterocycles. The second-order valence-corrected chi connectivity index (χ2v) is 5.02. The van der Waals surface area contributed by atoms with Crippen molar-refractivity contribution in [1.82, 2.24) is 0 Å². The summed E-state index contributed by atoms with van der Waals surface area (Å²) < 4.78 is 0. The van der Waals surface area contributed by atoms with Gasteiger partial charge < -0.3 is 4.90 Å². The molecule has 1 fully saturated rings. The quantitative estimate of drug-likeness (QED) is 0.661. The zero-order chi connectivity index (χ0) is 12.1. The van der Waals surface area contributed by atoms with E-state index in [2.05, 4.69) is 55.1 Å². The third-order valence-electron chi connectivity index (χ3n) is 3.40. The minimum absolute atomic E-state index is 0.624. The smallest absolute Gasteiger partial charge is 0.0520 e. The van der Waals surface area contributed by atoms with Gasteiger partial charge in [0, 0.05) is 25.6 Å². The first-order valence-corrected chi connectivity index (χ1v) is 6.55. The van der Waals surface area contributed by atoms with E-state index in [1.807, 2.05) is 0 Å². The van der Waals surface area contributed by atoms with E-state index >= 15 is 0 Å². The van der Waals surface area contributed by atoms with Crippen LogP contribution < -0.4 is 4.90 Å². The van der Waals surface area contributed by atoms with Crippen molar-refractivity contribution in [2.75, 3.05) is 19.0 Å². The molecule has 1 aliphatic rings. The van der Waals surface area contributed by atoms with Crippen molar-refractivity contribution in [1.29, 1.82) is 0 Å². The molecule has 0 bridgehead atoms. The minimum Gasteiger partial charge on any atom is -0.377 e. The third kappa shape index (κ3) is 3.27. The van der Waals surface area contributed by atoms with Gasteiger partial charge in [0.1, 0.15) is 0 Å². The molecule has 1 nitrogen and oxygen atoms in total. The van der Waals surface area contributed by atoms with E-state index < -0.39 is 0 Å². The summed E-state index contributed by atoms with van der Waals surface area (Å²) in [7, 11) is 4.14. The SMILES string of the molecule is CN(C)c1ccccc1C#CC1CCCCC1. The van der Waals surface area contributed by atoms with Crippen LogP contribution in [0, 0.1) is 17.8 Å². The molecular weight excluding hydrogens is 206 g/mol. The molecule has 0 radical (unpaired) electrons. The van der Waals surface area contributed by atoms with Gasteiger partial charge in [-0.05, 0) is 25.0 Å². The first-order valence-electron chi connectivity index (χ1n) is 6.55. The van der Waals surface area contributed by atoms with Crippen molar-refractivity contribution in [3.8, 4) is 11.8 Å². The highest BCUT2D eigenvalue weighted by molar-refractivity contribution is 5.59. The molecular formula is C16H21N. The lowest BCUT2D eigenvalue weighted by Gasteiger charge is -2.16. The van der Waals surface area contributed by atoms with E-state index in [-0.39, 0.29) is 0 Å². The normalized spacial score (nSPS) is 16.1. The molecule has 1 heteroatoms. The third-order valence-corrected chi connectivity index (χ3v) is 3.40. The summed E-state index contributed by atoms with van der Waals surface area (Å²) in [4.78, 5) is 2.13. The molecule has 0 N–H and O–H groups in total. The number of anilines is 1. The molecule has 0 spiro atoms. The van der Waals surface area contributed by atoms with Crippen molar-refractivity contribution in [2.24, 2.45) is 5.92 Å². The van der Waals surface area contributed by atoms with Crippen LogP contribution in [0.3, 0.4) is 0 Å². The maximum atomic E-state index is 3.46. The number of para-hydroxylation sites is 1.